The molecule has 144 valence electrons. The van der Waals surface area contributed by atoms with Crippen LogP contribution in [0.2, 0.25) is 0 Å². The molecule has 1 aliphatic heterocycles. The Hall–Kier alpha value is -2.41. The molecule has 2 aliphatic rings. The number of carbonyl (C=O) groups is 1. The number of pyridine rings is 1. The van der Waals surface area contributed by atoms with Gasteiger partial charge in [0.2, 0.25) is 5.43 Å². The monoisotopic (exact) mass is 373 g/mol. The predicted octanol–water partition coefficient (Wildman–Crippen LogP) is 2.49. The average Bonchev–Trinajstić information content (AvgIpc) is 3.47. The van der Waals surface area contributed by atoms with Crippen LogP contribution in [0.1, 0.15) is 41.7 Å². The smallest absolute Gasteiger partial charge is 0.341 e. The van der Waals surface area contributed by atoms with E-state index in [0.717, 1.165) is 39.0 Å². The first-order valence-corrected chi connectivity index (χ1v) is 9.49. The van der Waals surface area contributed by atoms with Crippen LogP contribution in [0, 0.1) is 5.82 Å². The summed E-state index contributed by atoms with van der Waals surface area (Å²) in [5.74, 6) is -1.65. The van der Waals surface area contributed by atoms with Gasteiger partial charge in [0, 0.05) is 44.0 Å². The molecular formula is C20H24FN3O3. The molecule has 27 heavy (non-hydrogen) atoms. The molecule has 0 radical (unpaired) electrons. The highest BCUT2D eigenvalue weighted by atomic mass is 19.1. The summed E-state index contributed by atoms with van der Waals surface area (Å²) in [7, 11) is 2.05. The molecule has 4 rings (SSSR count). The second-order valence-electron chi connectivity index (χ2n) is 7.54. The molecule has 0 atom stereocenters. The number of aromatic carboxylic acids is 1. The van der Waals surface area contributed by atoms with Crippen LogP contribution in [0.5, 0.6) is 0 Å². The first-order valence-electron chi connectivity index (χ1n) is 9.49. The number of nitrogens with zero attached hydrogens (tertiary/aromatic N) is 3. The Morgan fingerprint density at radius 3 is 2.48 bits per heavy atom. The van der Waals surface area contributed by atoms with E-state index in [1.54, 1.807) is 13.0 Å². The van der Waals surface area contributed by atoms with Gasteiger partial charge in [-0.15, -0.1) is 0 Å². The van der Waals surface area contributed by atoms with Crippen LogP contribution < -0.4 is 10.3 Å². The summed E-state index contributed by atoms with van der Waals surface area (Å²) >= 11 is 0. The van der Waals surface area contributed by atoms with Gasteiger partial charge in [0.15, 0.2) is 5.82 Å². The summed E-state index contributed by atoms with van der Waals surface area (Å²) < 4.78 is 17.3. The molecule has 1 N–H and O–H groups in total. The topological polar surface area (TPSA) is 65.8 Å². The highest BCUT2D eigenvalue weighted by molar-refractivity contribution is 5.95. The van der Waals surface area contributed by atoms with Crippen molar-refractivity contribution >= 4 is 22.6 Å². The number of aromatic nitrogens is 1. The number of carboxylic acids is 1. The molecule has 0 amide bonds. The molecule has 1 saturated heterocycles. The summed E-state index contributed by atoms with van der Waals surface area (Å²) in [4.78, 5) is 28.6. The van der Waals surface area contributed by atoms with Crippen LogP contribution in [0.3, 0.4) is 0 Å². The van der Waals surface area contributed by atoms with Gasteiger partial charge in [0.05, 0.1) is 16.6 Å². The minimum Gasteiger partial charge on any atom is -0.477 e. The van der Waals surface area contributed by atoms with E-state index in [4.69, 9.17) is 0 Å². The van der Waals surface area contributed by atoms with Gasteiger partial charge >= 0.3 is 5.97 Å². The van der Waals surface area contributed by atoms with Crippen LogP contribution in [0.15, 0.2) is 17.1 Å². The minimum absolute atomic E-state index is 0.182. The van der Waals surface area contributed by atoms with Crippen molar-refractivity contribution < 1.29 is 14.3 Å². The van der Waals surface area contributed by atoms with Gasteiger partial charge in [-0.05, 0) is 32.4 Å². The fourth-order valence-electron chi connectivity index (χ4n) is 3.96. The van der Waals surface area contributed by atoms with Crippen molar-refractivity contribution in [2.45, 2.75) is 32.2 Å². The second kappa shape index (κ2) is 6.64. The van der Waals surface area contributed by atoms with E-state index < -0.39 is 17.2 Å². The van der Waals surface area contributed by atoms with Gasteiger partial charge < -0.3 is 19.5 Å². The lowest BCUT2D eigenvalue weighted by atomic mass is 10.0. The van der Waals surface area contributed by atoms with Gasteiger partial charge in [0.25, 0.3) is 0 Å². The zero-order valence-corrected chi connectivity index (χ0v) is 15.7. The maximum absolute atomic E-state index is 15.4. The fraction of sp³-hybridized carbons (Fsp3) is 0.500. The number of carboxylic acid groups (broad SMARTS) is 1. The van der Waals surface area contributed by atoms with Crippen LogP contribution in [-0.4, -0.2) is 53.8 Å². The highest BCUT2D eigenvalue weighted by Gasteiger charge is 2.30. The molecular weight excluding hydrogens is 349 g/mol. The van der Waals surface area contributed by atoms with Crippen LogP contribution in [-0.2, 0) is 6.42 Å². The number of likely N-dealkylation sites (N-methyl/N-ethyl adjacent to an activating group) is 1. The number of halogens is 1. The lowest BCUT2D eigenvalue weighted by Crippen LogP contribution is -2.45. The van der Waals surface area contributed by atoms with Crippen molar-refractivity contribution in [1.82, 2.24) is 9.47 Å². The Morgan fingerprint density at radius 2 is 1.93 bits per heavy atom. The molecule has 2 fully saturated rings. The van der Waals surface area contributed by atoms with Crippen molar-refractivity contribution in [2.24, 2.45) is 0 Å². The Kier molecular flexibility index (Phi) is 4.42. The van der Waals surface area contributed by atoms with Crippen molar-refractivity contribution in [3.8, 4) is 0 Å². The number of anilines is 1. The Bertz CT molecular complexity index is 973. The maximum Gasteiger partial charge on any atom is 0.341 e. The third-order valence-corrected chi connectivity index (χ3v) is 5.71. The van der Waals surface area contributed by atoms with Crippen LogP contribution in [0.4, 0.5) is 10.1 Å². The average molecular weight is 373 g/mol. The molecule has 1 saturated carbocycles. The molecule has 1 aliphatic carbocycles. The first-order chi connectivity index (χ1) is 12.9. The van der Waals surface area contributed by atoms with Gasteiger partial charge in [-0.3, -0.25) is 4.79 Å². The van der Waals surface area contributed by atoms with Crippen molar-refractivity contribution in [3.05, 3.63) is 39.4 Å². The largest absolute Gasteiger partial charge is 0.477 e. The molecule has 0 unspecified atom stereocenters. The number of aryl methyl sites for hydroxylation is 1. The number of rotatable bonds is 4. The molecule has 1 aromatic carbocycles. The van der Waals surface area contributed by atoms with E-state index in [9.17, 15) is 14.7 Å². The zero-order chi connectivity index (χ0) is 19.3. The van der Waals surface area contributed by atoms with Gasteiger partial charge in [-0.2, -0.15) is 0 Å². The SMILES string of the molecule is CCc1c(F)c(N2CCN(C)CC2)cc2c1c(=O)c(C(=O)O)cn2C1CC1. The number of piperazine rings is 1. The first kappa shape index (κ1) is 18.0. The standard InChI is InChI=1S/C20H24FN3O3/c1-3-13-17-15(10-16(18(13)21)23-8-6-22(2)7-9-23)24(12-4-5-12)11-14(19(17)25)20(26)27/h10-12H,3-9H2,1-2H3,(H,26,27). The highest BCUT2D eigenvalue weighted by Crippen LogP contribution is 2.39. The minimum atomic E-state index is -1.26. The number of hydrogen-bond donors (Lipinski definition) is 1. The molecule has 7 heteroatoms. The normalized spacial score (nSPS) is 18.3. The lowest BCUT2D eigenvalue weighted by Gasteiger charge is -2.35. The van der Waals surface area contributed by atoms with E-state index in [-0.39, 0.29) is 17.0 Å². The van der Waals surface area contributed by atoms with Gasteiger partial charge in [-0.1, -0.05) is 6.92 Å². The molecule has 1 aromatic heterocycles. The van der Waals surface area contributed by atoms with E-state index >= 15 is 4.39 Å². The zero-order valence-electron chi connectivity index (χ0n) is 15.7. The third kappa shape index (κ3) is 3.00. The molecule has 0 bridgehead atoms. The van der Waals surface area contributed by atoms with Crippen molar-refractivity contribution in [3.63, 3.8) is 0 Å². The number of fused-ring (bicyclic) bond motifs is 1. The molecule has 2 heterocycles. The van der Waals surface area contributed by atoms with Crippen LogP contribution in [0.25, 0.3) is 10.9 Å². The summed E-state index contributed by atoms with van der Waals surface area (Å²) in [5, 5.41) is 9.67. The Morgan fingerprint density at radius 1 is 1.26 bits per heavy atom. The fourth-order valence-corrected chi connectivity index (χ4v) is 3.96. The maximum atomic E-state index is 15.4. The number of hydrogen-bond acceptors (Lipinski definition) is 4. The Labute approximate surface area is 156 Å². The number of benzene rings is 1. The quantitative estimate of drug-likeness (QED) is 0.892. The van der Waals surface area contributed by atoms with Gasteiger partial charge in [0.1, 0.15) is 5.56 Å². The lowest BCUT2D eigenvalue weighted by molar-refractivity contribution is 0.0695. The summed E-state index contributed by atoms with van der Waals surface area (Å²) in [6.45, 7) is 4.96. The van der Waals surface area contributed by atoms with E-state index in [1.807, 2.05) is 16.5 Å². The molecule has 2 aromatic rings. The predicted molar refractivity (Wildman–Crippen MR) is 102 cm³/mol. The molecule has 6 nitrogen and oxygen atoms in total. The van der Waals surface area contributed by atoms with E-state index in [1.165, 1.54) is 6.20 Å². The van der Waals surface area contributed by atoms with Crippen molar-refractivity contribution in [1.29, 1.82) is 0 Å². The Balaban J connectivity index is 1.99. The summed E-state index contributed by atoms with van der Waals surface area (Å²) in [6.07, 6.45) is 3.67. The van der Waals surface area contributed by atoms with Gasteiger partial charge in [-0.25, -0.2) is 9.18 Å². The summed E-state index contributed by atoms with van der Waals surface area (Å²) in [6, 6.07) is 1.93. The van der Waals surface area contributed by atoms with E-state index in [0.29, 0.717) is 23.2 Å². The molecule has 0 spiro atoms. The third-order valence-electron chi connectivity index (χ3n) is 5.71. The van der Waals surface area contributed by atoms with Crippen LogP contribution >= 0.6 is 0 Å². The van der Waals surface area contributed by atoms with E-state index in [2.05, 4.69) is 4.90 Å². The summed E-state index contributed by atoms with van der Waals surface area (Å²) in [5.41, 5.74) is 0.624. The second-order valence-corrected chi connectivity index (χ2v) is 7.54. The van der Waals surface area contributed by atoms with Crippen molar-refractivity contribution in [2.75, 3.05) is 38.1 Å².